The van der Waals surface area contributed by atoms with Gasteiger partial charge in [-0.3, -0.25) is 4.79 Å². The van der Waals surface area contributed by atoms with Crippen molar-refractivity contribution in [1.29, 1.82) is 0 Å². The molecule has 1 rings (SSSR count). The quantitative estimate of drug-likeness (QED) is 0.559. The Kier molecular flexibility index (Phi) is 2.40. The van der Waals surface area contributed by atoms with Gasteiger partial charge in [0, 0.05) is 6.54 Å². The number of carbonyl (C=O) groups excluding carboxylic acids is 1. The van der Waals surface area contributed by atoms with Crippen LogP contribution in [0.2, 0.25) is 0 Å². The smallest absolute Gasteiger partial charge is 0.149 e. The maximum atomic E-state index is 10.9. The van der Waals surface area contributed by atoms with E-state index in [0.29, 0.717) is 6.61 Å². The number of rotatable bonds is 1. The number of nitrogens with one attached hydrogen (secondary N) is 1. The van der Waals surface area contributed by atoms with E-state index < -0.39 is 0 Å². The van der Waals surface area contributed by atoms with Gasteiger partial charge in [0.2, 0.25) is 0 Å². The SMILES string of the molecule is CC(=O)C1NCCOC1C. The largest absolute Gasteiger partial charge is 0.375 e. The van der Waals surface area contributed by atoms with Crippen LogP contribution in [0.3, 0.4) is 0 Å². The van der Waals surface area contributed by atoms with Crippen LogP contribution in [0, 0.1) is 0 Å². The topological polar surface area (TPSA) is 38.3 Å². The summed E-state index contributed by atoms with van der Waals surface area (Å²) in [5.74, 6) is 0.159. The van der Waals surface area contributed by atoms with Gasteiger partial charge < -0.3 is 10.1 Å². The average Bonchev–Trinajstić information content (AvgIpc) is 1.88. The Morgan fingerprint density at radius 1 is 1.70 bits per heavy atom. The zero-order chi connectivity index (χ0) is 7.56. The zero-order valence-corrected chi connectivity index (χ0v) is 6.39. The van der Waals surface area contributed by atoms with Gasteiger partial charge in [-0.1, -0.05) is 0 Å². The van der Waals surface area contributed by atoms with Gasteiger partial charge in [-0.15, -0.1) is 0 Å². The minimum absolute atomic E-state index is 0.0336. The third-order valence-corrected chi connectivity index (χ3v) is 1.75. The molecular formula is C7H13NO2. The van der Waals surface area contributed by atoms with Gasteiger partial charge in [0.25, 0.3) is 0 Å². The number of Topliss-reactive ketones (excluding diaryl/α,β-unsaturated/α-hetero) is 1. The molecule has 1 heterocycles. The van der Waals surface area contributed by atoms with Crippen LogP contribution in [0.25, 0.3) is 0 Å². The van der Waals surface area contributed by atoms with Crippen LogP contribution in [0.15, 0.2) is 0 Å². The molecule has 0 amide bonds. The van der Waals surface area contributed by atoms with Crippen LogP contribution in [0.1, 0.15) is 13.8 Å². The molecule has 3 nitrogen and oxygen atoms in total. The van der Waals surface area contributed by atoms with E-state index in [1.807, 2.05) is 6.92 Å². The van der Waals surface area contributed by atoms with Gasteiger partial charge in [0.05, 0.1) is 18.8 Å². The fourth-order valence-corrected chi connectivity index (χ4v) is 1.20. The molecule has 0 aromatic rings. The summed E-state index contributed by atoms with van der Waals surface area (Å²) in [7, 11) is 0. The van der Waals surface area contributed by atoms with Gasteiger partial charge in [-0.25, -0.2) is 0 Å². The van der Waals surface area contributed by atoms with Crippen molar-refractivity contribution in [2.75, 3.05) is 13.2 Å². The molecule has 58 valence electrons. The number of hydrogen-bond acceptors (Lipinski definition) is 3. The lowest BCUT2D eigenvalue weighted by atomic mass is 10.1. The molecule has 0 spiro atoms. The first-order chi connectivity index (χ1) is 4.72. The summed E-state index contributed by atoms with van der Waals surface area (Å²) in [6.07, 6.45) is 0.0336. The van der Waals surface area contributed by atoms with Gasteiger partial charge in [-0.05, 0) is 13.8 Å². The van der Waals surface area contributed by atoms with E-state index in [0.717, 1.165) is 6.54 Å². The Morgan fingerprint density at radius 3 is 2.80 bits per heavy atom. The summed E-state index contributed by atoms with van der Waals surface area (Å²) in [4.78, 5) is 10.9. The highest BCUT2D eigenvalue weighted by Gasteiger charge is 2.24. The molecule has 1 aliphatic rings. The molecule has 2 unspecified atom stereocenters. The maximum Gasteiger partial charge on any atom is 0.149 e. The molecule has 0 bridgehead atoms. The van der Waals surface area contributed by atoms with Crippen molar-refractivity contribution < 1.29 is 9.53 Å². The molecule has 0 radical (unpaired) electrons. The predicted octanol–water partition coefficient (Wildman–Crippen LogP) is -0.0477. The predicted molar refractivity (Wildman–Crippen MR) is 37.9 cm³/mol. The van der Waals surface area contributed by atoms with E-state index in [4.69, 9.17) is 4.74 Å². The van der Waals surface area contributed by atoms with E-state index in [1.54, 1.807) is 6.92 Å². The zero-order valence-electron chi connectivity index (χ0n) is 6.39. The number of hydrogen-bond donors (Lipinski definition) is 1. The molecule has 1 aliphatic heterocycles. The Hall–Kier alpha value is -0.410. The lowest BCUT2D eigenvalue weighted by Crippen LogP contribution is -2.50. The van der Waals surface area contributed by atoms with Crippen LogP contribution in [-0.4, -0.2) is 31.1 Å². The Balaban J connectivity index is 2.47. The third-order valence-electron chi connectivity index (χ3n) is 1.75. The molecule has 0 aromatic heterocycles. The highest BCUT2D eigenvalue weighted by molar-refractivity contribution is 5.82. The van der Waals surface area contributed by atoms with Crippen LogP contribution in [0.4, 0.5) is 0 Å². The fourth-order valence-electron chi connectivity index (χ4n) is 1.20. The van der Waals surface area contributed by atoms with Crippen molar-refractivity contribution in [3.63, 3.8) is 0 Å². The molecule has 1 saturated heterocycles. The lowest BCUT2D eigenvalue weighted by molar-refractivity contribution is -0.124. The normalized spacial score (nSPS) is 33.8. The van der Waals surface area contributed by atoms with Gasteiger partial charge in [-0.2, -0.15) is 0 Å². The standard InChI is InChI=1S/C7H13NO2/c1-5(9)7-6(2)10-4-3-8-7/h6-8H,3-4H2,1-2H3. The molecule has 1 fully saturated rings. The van der Waals surface area contributed by atoms with E-state index >= 15 is 0 Å². The Labute approximate surface area is 60.7 Å². The number of ether oxygens (including phenoxy) is 1. The first-order valence-electron chi connectivity index (χ1n) is 3.57. The van der Waals surface area contributed by atoms with Crippen molar-refractivity contribution in [2.24, 2.45) is 0 Å². The summed E-state index contributed by atoms with van der Waals surface area (Å²) in [6.45, 7) is 5.00. The number of carbonyl (C=O) groups is 1. The molecule has 0 aliphatic carbocycles. The van der Waals surface area contributed by atoms with E-state index in [9.17, 15) is 4.79 Å². The Morgan fingerprint density at radius 2 is 2.40 bits per heavy atom. The lowest BCUT2D eigenvalue weighted by Gasteiger charge is -2.28. The maximum absolute atomic E-state index is 10.9. The highest BCUT2D eigenvalue weighted by atomic mass is 16.5. The van der Waals surface area contributed by atoms with Crippen LogP contribution in [-0.2, 0) is 9.53 Å². The minimum Gasteiger partial charge on any atom is -0.375 e. The third kappa shape index (κ3) is 1.55. The summed E-state index contributed by atoms with van der Waals surface area (Å²) in [5.41, 5.74) is 0. The van der Waals surface area contributed by atoms with Crippen molar-refractivity contribution in [1.82, 2.24) is 5.32 Å². The fraction of sp³-hybridized carbons (Fsp3) is 0.857. The number of morpholine rings is 1. The van der Waals surface area contributed by atoms with E-state index in [2.05, 4.69) is 5.32 Å². The first kappa shape index (κ1) is 7.69. The number of ketones is 1. The molecule has 3 heteroatoms. The molecular weight excluding hydrogens is 130 g/mol. The van der Waals surface area contributed by atoms with Gasteiger partial charge >= 0.3 is 0 Å². The molecule has 0 saturated carbocycles. The van der Waals surface area contributed by atoms with Crippen molar-refractivity contribution in [2.45, 2.75) is 26.0 Å². The summed E-state index contributed by atoms with van der Waals surface area (Å²) in [5, 5.41) is 3.09. The second kappa shape index (κ2) is 3.12. The summed E-state index contributed by atoms with van der Waals surface area (Å²) >= 11 is 0. The van der Waals surface area contributed by atoms with Crippen molar-refractivity contribution >= 4 is 5.78 Å². The first-order valence-corrected chi connectivity index (χ1v) is 3.57. The molecule has 10 heavy (non-hydrogen) atoms. The Bertz CT molecular complexity index is 136. The second-order valence-corrected chi connectivity index (χ2v) is 2.62. The summed E-state index contributed by atoms with van der Waals surface area (Å²) < 4.78 is 5.27. The molecule has 0 aromatic carbocycles. The van der Waals surface area contributed by atoms with Crippen molar-refractivity contribution in [3.8, 4) is 0 Å². The average molecular weight is 143 g/mol. The second-order valence-electron chi connectivity index (χ2n) is 2.62. The monoisotopic (exact) mass is 143 g/mol. The summed E-state index contributed by atoms with van der Waals surface area (Å²) in [6, 6.07) is -0.0891. The van der Waals surface area contributed by atoms with Crippen LogP contribution < -0.4 is 5.32 Å². The van der Waals surface area contributed by atoms with Gasteiger partial charge in [0.15, 0.2) is 0 Å². The highest BCUT2D eigenvalue weighted by Crippen LogP contribution is 2.03. The van der Waals surface area contributed by atoms with E-state index in [-0.39, 0.29) is 17.9 Å². The van der Waals surface area contributed by atoms with Crippen LogP contribution >= 0.6 is 0 Å². The minimum atomic E-state index is -0.0891. The van der Waals surface area contributed by atoms with E-state index in [1.165, 1.54) is 0 Å². The molecule has 1 N–H and O–H groups in total. The van der Waals surface area contributed by atoms with Gasteiger partial charge in [0.1, 0.15) is 5.78 Å². The molecule has 2 atom stereocenters. The van der Waals surface area contributed by atoms with Crippen LogP contribution in [0.5, 0.6) is 0 Å². The van der Waals surface area contributed by atoms with Crippen molar-refractivity contribution in [3.05, 3.63) is 0 Å².